The molecule has 1 aliphatic heterocycles. The Morgan fingerprint density at radius 1 is 1.50 bits per heavy atom. The molecule has 1 aromatic carbocycles. The fourth-order valence-electron chi connectivity index (χ4n) is 1.55. The molecule has 2 rings (SSSR count). The van der Waals surface area contributed by atoms with Crippen molar-refractivity contribution in [3.05, 3.63) is 35.5 Å². The molecule has 1 amide bonds. The van der Waals surface area contributed by atoms with E-state index in [4.69, 9.17) is 4.74 Å². The van der Waals surface area contributed by atoms with Crippen LogP contribution in [0.1, 0.15) is 5.56 Å². The molecule has 18 heavy (non-hydrogen) atoms. The molecule has 1 aliphatic rings. The Hall–Kier alpha value is -1.66. The van der Waals surface area contributed by atoms with Gasteiger partial charge in [0.2, 0.25) is 0 Å². The molecule has 0 atom stereocenters. The average Bonchev–Trinajstić information content (AvgIpc) is 2.39. The van der Waals surface area contributed by atoms with Crippen LogP contribution in [-0.2, 0) is 9.53 Å². The van der Waals surface area contributed by atoms with Crippen molar-refractivity contribution in [2.75, 3.05) is 20.3 Å². The van der Waals surface area contributed by atoms with Crippen molar-refractivity contribution >= 4 is 23.6 Å². The molecule has 1 heterocycles. The van der Waals surface area contributed by atoms with Gasteiger partial charge < -0.3 is 19.9 Å². The molecule has 0 radical (unpaired) electrons. The SMILES string of the molecule is COCCNC(=O)C1=C(O)c2ccccc2SN1. The third-order valence-corrected chi connectivity index (χ3v) is 3.34. The van der Waals surface area contributed by atoms with Gasteiger partial charge in [-0.25, -0.2) is 0 Å². The fourth-order valence-corrected chi connectivity index (χ4v) is 2.37. The first-order chi connectivity index (χ1) is 8.74. The molecule has 0 saturated carbocycles. The molecule has 0 saturated heterocycles. The minimum Gasteiger partial charge on any atom is -0.505 e. The average molecular weight is 266 g/mol. The summed E-state index contributed by atoms with van der Waals surface area (Å²) in [5, 5.41) is 12.7. The lowest BCUT2D eigenvalue weighted by Gasteiger charge is -2.19. The van der Waals surface area contributed by atoms with Crippen molar-refractivity contribution in [1.82, 2.24) is 10.0 Å². The van der Waals surface area contributed by atoms with Gasteiger partial charge in [-0.3, -0.25) is 4.79 Å². The highest BCUT2D eigenvalue weighted by Gasteiger charge is 2.23. The number of benzene rings is 1. The molecule has 6 heteroatoms. The monoisotopic (exact) mass is 266 g/mol. The third kappa shape index (κ3) is 2.60. The molecule has 5 nitrogen and oxygen atoms in total. The van der Waals surface area contributed by atoms with Crippen molar-refractivity contribution in [3.63, 3.8) is 0 Å². The number of nitrogens with one attached hydrogen (secondary N) is 2. The molecule has 3 N–H and O–H groups in total. The van der Waals surface area contributed by atoms with Gasteiger partial charge in [-0.05, 0) is 24.1 Å². The Morgan fingerprint density at radius 3 is 3.06 bits per heavy atom. The Bertz CT molecular complexity index is 488. The summed E-state index contributed by atoms with van der Waals surface area (Å²) in [5.41, 5.74) is 0.841. The van der Waals surface area contributed by atoms with E-state index >= 15 is 0 Å². The maximum absolute atomic E-state index is 11.8. The van der Waals surface area contributed by atoms with Crippen molar-refractivity contribution in [1.29, 1.82) is 0 Å². The van der Waals surface area contributed by atoms with E-state index in [2.05, 4.69) is 10.0 Å². The summed E-state index contributed by atoms with van der Waals surface area (Å²) < 4.78 is 7.69. The number of methoxy groups -OCH3 is 1. The lowest BCUT2D eigenvalue weighted by Crippen LogP contribution is -2.33. The maximum atomic E-state index is 11.8. The molecule has 0 spiro atoms. The molecule has 0 bridgehead atoms. The van der Waals surface area contributed by atoms with Gasteiger partial charge in [-0.15, -0.1) is 0 Å². The van der Waals surface area contributed by atoms with E-state index in [9.17, 15) is 9.90 Å². The van der Waals surface area contributed by atoms with Gasteiger partial charge in [0.05, 0.1) is 6.61 Å². The zero-order valence-electron chi connectivity index (χ0n) is 9.90. The molecule has 0 aromatic heterocycles. The van der Waals surface area contributed by atoms with Crippen molar-refractivity contribution < 1.29 is 14.6 Å². The fraction of sp³-hybridized carbons (Fsp3) is 0.250. The maximum Gasteiger partial charge on any atom is 0.272 e. The van der Waals surface area contributed by atoms with E-state index in [1.807, 2.05) is 18.2 Å². The van der Waals surface area contributed by atoms with Gasteiger partial charge in [-0.2, -0.15) is 0 Å². The summed E-state index contributed by atoms with van der Waals surface area (Å²) in [4.78, 5) is 12.7. The van der Waals surface area contributed by atoms with Crippen LogP contribution in [0.25, 0.3) is 5.76 Å². The number of hydrogen-bond acceptors (Lipinski definition) is 5. The van der Waals surface area contributed by atoms with Gasteiger partial charge >= 0.3 is 0 Å². The largest absolute Gasteiger partial charge is 0.505 e. The summed E-state index contributed by atoms with van der Waals surface area (Å²) in [7, 11) is 1.56. The quantitative estimate of drug-likeness (QED) is 0.566. The number of ether oxygens (including phenoxy) is 1. The van der Waals surface area contributed by atoms with E-state index in [0.29, 0.717) is 18.7 Å². The van der Waals surface area contributed by atoms with Crippen LogP contribution in [0.15, 0.2) is 34.9 Å². The van der Waals surface area contributed by atoms with E-state index in [1.54, 1.807) is 13.2 Å². The number of amides is 1. The van der Waals surface area contributed by atoms with E-state index < -0.39 is 0 Å². The van der Waals surface area contributed by atoms with Crippen LogP contribution in [0.5, 0.6) is 0 Å². The van der Waals surface area contributed by atoms with Crippen molar-refractivity contribution in [2.45, 2.75) is 4.90 Å². The molecular formula is C12H14N2O3S. The number of carbonyl (C=O) groups is 1. The van der Waals surface area contributed by atoms with Gasteiger partial charge in [0.25, 0.3) is 5.91 Å². The summed E-state index contributed by atoms with van der Waals surface area (Å²) >= 11 is 1.31. The van der Waals surface area contributed by atoms with Crippen LogP contribution in [0, 0.1) is 0 Å². The molecule has 96 valence electrons. The predicted molar refractivity (Wildman–Crippen MR) is 69.9 cm³/mol. The van der Waals surface area contributed by atoms with Crippen LogP contribution >= 0.6 is 11.9 Å². The first-order valence-corrected chi connectivity index (χ1v) is 6.28. The zero-order valence-corrected chi connectivity index (χ0v) is 10.7. The smallest absolute Gasteiger partial charge is 0.272 e. The van der Waals surface area contributed by atoms with E-state index in [0.717, 1.165) is 4.90 Å². The van der Waals surface area contributed by atoms with Gasteiger partial charge in [0.1, 0.15) is 0 Å². The summed E-state index contributed by atoms with van der Waals surface area (Å²) in [6.45, 7) is 0.837. The number of hydrogen-bond donors (Lipinski definition) is 3. The Kier molecular flexibility index (Phi) is 4.11. The van der Waals surface area contributed by atoms with Crippen LogP contribution < -0.4 is 10.0 Å². The van der Waals surface area contributed by atoms with Gasteiger partial charge in [0.15, 0.2) is 11.5 Å². The lowest BCUT2D eigenvalue weighted by molar-refractivity contribution is -0.117. The Balaban J connectivity index is 2.16. The van der Waals surface area contributed by atoms with Gasteiger partial charge in [0, 0.05) is 24.1 Å². The first-order valence-electron chi connectivity index (χ1n) is 5.46. The minimum absolute atomic E-state index is 0.0285. The van der Waals surface area contributed by atoms with Crippen LogP contribution in [0.4, 0.5) is 0 Å². The normalized spacial score (nSPS) is 13.8. The van der Waals surface area contributed by atoms with E-state index in [-0.39, 0.29) is 17.4 Å². The number of carbonyl (C=O) groups excluding carboxylic acids is 1. The number of aliphatic hydroxyl groups excluding tert-OH is 1. The topological polar surface area (TPSA) is 70.6 Å². The van der Waals surface area contributed by atoms with Crippen molar-refractivity contribution in [3.8, 4) is 0 Å². The highest BCUT2D eigenvalue weighted by molar-refractivity contribution is 7.97. The number of rotatable bonds is 4. The Morgan fingerprint density at radius 2 is 2.28 bits per heavy atom. The molecule has 0 unspecified atom stereocenters. The molecule has 1 aromatic rings. The third-order valence-electron chi connectivity index (χ3n) is 2.46. The summed E-state index contributed by atoms with van der Waals surface area (Å²) in [6, 6.07) is 7.36. The standard InChI is InChI=1S/C12H14N2O3S/c1-17-7-6-13-12(16)10-11(15)8-4-2-3-5-9(8)18-14-10/h2-5,14-15H,6-7H2,1H3,(H,13,16). The second-order valence-corrected chi connectivity index (χ2v) is 4.52. The highest BCUT2D eigenvalue weighted by Crippen LogP contribution is 2.32. The zero-order chi connectivity index (χ0) is 13.0. The molecule has 0 aliphatic carbocycles. The lowest BCUT2D eigenvalue weighted by atomic mass is 10.1. The number of aliphatic hydroxyl groups is 1. The second kappa shape index (κ2) is 5.79. The van der Waals surface area contributed by atoms with Crippen LogP contribution in [-0.4, -0.2) is 31.3 Å². The van der Waals surface area contributed by atoms with E-state index in [1.165, 1.54) is 11.9 Å². The number of fused-ring (bicyclic) bond motifs is 1. The molecular weight excluding hydrogens is 252 g/mol. The second-order valence-electron chi connectivity index (χ2n) is 3.67. The van der Waals surface area contributed by atoms with Crippen LogP contribution in [0.2, 0.25) is 0 Å². The van der Waals surface area contributed by atoms with Crippen LogP contribution in [0.3, 0.4) is 0 Å². The van der Waals surface area contributed by atoms with Crippen molar-refractivity contribution in [2.24, 2.45) is 0 Å². The summed E-state index contributed by atoms with van der Waals surface area (Å²) in [5.74, 6) is -0.370. The Labute approximate surface area is 109 Å². The molecule has 0 fully saturated rings. The van der Waals surface area contributed by atoms with Gasteiger partial charge in [-0.1, -0.05) is 12.1 Å². The summed E-state index contributed by atoms with van der Waals surface area (Å²) in [6.07, 6.45) is 0. The predicted octanol–water partition coefficient (Wildman–Crippen LogP) is 1.29. The first kappa shape index (κ1) is 12.8. The minimum atomic E-state index is -0.341. The highest BCUT2D eigenvalue weighted by atomic mass is 32.2.